The summed E-state index contributed by atoms with van der Waals surface area (Å²) >= 11 is 0. The van der Waals surface area contributed by atoms with Crippen LogP contribution in [0, 0.1) is 0 Å². The van der Waals surface area contributed by atoms with E-state index < -0.39 is 30.1 Å². The van der Waals surface area contributed by atoms with Gasteiger partial charge in [-0.1, -0.05) is 60.7 Å². The van der Waals surface area contributed by atoms with Gasteiger partial charge in [0.1, 0.15) is 6.61 Å². The van der Waals surface area contributed by atoms with Gasteiger partial charge in [0.15, 0.2) is 0 Å². The van der Waals surface area contributed by atoms with Crippen molar-refractivity contribution in [1.82, 2.24) is 0 Å². The fraction of sp³-hybridized carbons (Fsp3) is 0.130. The van der Waals surface area contributed by atoms with Gasteiger partial charge < -0.3 is 22.8 Å². The third-order valence-electron chi connectivity index (χ3n) is 5.56. The summed E-state index contributed by atoms with van der Waals surface area (Å²) in [7, 11) is 1.24. The maximum Gasteiger partial charge on any atom is 1.00 e. The number of benzene rings is 3. The number of carboxylic acids is 1. The quantitative estimate of drug-likeness (QED) is 0.568. The molecule has 1 aliphatic rings. The summed E-state index contributed by atoms with van der Waals surface area (Å²) in [6.45, 7) is -5.45. The molecule has 0 saturated carbocycles. The summed E-state index contributed by atoms with van der Waals surface area (Å²) in [5.74, 6) is -1.73. The van der Waals surface area contributed by atoms with E-state index in [4.69, 9.17) is 9.84 Å². The van der Waals surface area contributed by atoms with Gasteiger partial charge in [-0.15, -0.1) is 5.46 Å². The van der Waals surface area contributed by atoms with E-state index in [2.05, 4.69) is 0 Å². The molecule has 10 heteroatoms. The zero-order chi connectivity index (χ0) is 23.0. The Hall–Kier alpha value is -2.11. The predicted molar refractivity (Wildman–Crippen MR) is 116 cm³/mol. The molecule has 3 aromatic rings. The van der Waals surface area contributed by atoms with Crippen molar-refractivity contribution in [3.05, 3.63) is 83.4 Å². The number of hydrogen-bond donors (Lipinski definition) is 1. The monoisotopic (exact) mass is 479 g/mol. The van der Waals surface area contributed by atoms with Crippen molar-refractivity contribution in [3.8, 4) is 11.1 Å². The summed E-state index contributed by atoms with van der Waals surface area (Å²) in [6.07, 6.45) is -0.880. The van der Waals surface area contributed by atoms with Crippen molar-refractivity contribution in [2.24, 2.45) is 0 Å². The first kappa shape index (κ1) is 25.5. The van der Waals surface area contributed by atoms with Crippen molar-refractivity contribution in [2.45, 2.75) is 5.92 Å². The van der Waals surface area contributed by atoms with Crippen molar-refractivity contribution < 1.29 is 83.8 Å². The van der Waals surface area contributed by atoms with Crippen LogP contribution in [-0.2, 0) is 4.74 Å². The number of carbonyl (C=O) groups is 2. The summed E-state index contributed by atoms with van der Waals surface area (Å²) in [5.41, 5.74) is 2.22. The first-order valence-electron chi connectivity index (χ1n) is 9.83. The Balaban J connectivity index is 0.00000306. The standard InChI is InChI=1S/C23H18BF3NO4.K/c1-28(16-11-14(22(29)30)10-15(12-16)24(25,26)27)23(31)32-13-21-19-8-4-2-6-17(19)18-7-3-5-9-20(18)21;/h2-12,21H,13H2,1H3,(H,29,30);/q-1;+1. The van der Waals surface area contributed by atoms with Gasteiger partial charge in [-0.3, -0.25) is 4.90 Å². The van der Waals surface area contributed by atoms with Crippen LogP contribution in [-0.4, -0.2) is 37.8 Å². The first-order chi connectivity index (χ1) is 15.2. The molecule has 0 bridgehead atoms. The van der Waals surface area contributed by atoms with Gasteiger partial charge in [-0.2, -0.15) is 0 Å². The molecule has 1 aliphatic carbocycles. The van der Waals surface area contributed by atoms with Crippen LogP contribution in [0.5, 0.6) is 0 Å². The van der Waals surface area contributed by atoms with E-state index in [0.717, 1.165) is 39.3 Å². The zero-order valence-corrected chi connectivity index (χ0v) is 21.1. The van der Waals surface area contributed by atoms with Crippen molar-refractivity contribution in [2.75, 3.05) is 18.6 Å². The number of rotatable bonds is 5. The van der Waals surface area contributed by atoms with E-state index in [1.807, 2.05) is 48.5 Å². The van der Waals surface area contributed by atoms with Gasteiger partial charge in [0.25, 0.3) is 0 Å². The molecule has 0 aromatic heterocycles. The van der Waals surface area contributed by atoms with Crippen molar-refractivity contribution in [1.29, 1.82) is 0 Å². The molecule has 1 amide bonds. The summed E-state index contributed by atoms with van der Waals surface area (Å²) in [5, 5.41) is 9.16. The molecule has 4 rings (SSSR count). The number of hydrogen-bond acceptors (Lipinski definition) is 3. The van der Waals surface area contributed by atoms with Crippen LogP contribution in [0.25, 0.3) is 11.1 Å². The van der Waals surface area contributed by atoms with E-state index in [-0.39, 0.29) is 69.6 Å². The molecule has 0 unspecified atom stereocenters. The summed E-state index contributed by atoms with van der Waals surface area (Å²) in [4.78, 5) is 24.8. The number of carboxylic acid groups (broad SMARTS) is 1. The molecular formula is C23H18BF3KNO4. The molecule has 0 fully saturated rings. The molecule has 0 saturated heterocycles. The molecule has 0 atom stereocenters. The van der Waals surface area contributed by atoms with E-state index in [0.29, 0.717) is 6.07 Å². The third-order valence-corrected chi connectivity index (χ3v) is 5.56. The van der Waals surface area contributed by atoms with E-state index >= 15 is 0 Å². The van der Waals surface area contributed by atoms with Crippen molar-refractivity contribution in [3.63, 3.8) is 0 Å². The number of anilines is 1. The van der Waals surface area contributed by atoms with E-state index in [1.54, 1.807) is 0 Å². The normalized spacial score (nSPS) is 12.4. The van der Waals surface area contributed by atoms with Crippen LogP contribution in [0.4, 0.5) is 23.4 Å². The largest absolute Gasteiger partial charge is 1.00 e. The number of fused-ring (bicyclic) bond motifs is 3. The number of aromatic carboxylic acids is 1. The van der Waals surface area contributed by atoms with Gasteiger partial charge in [0.05, 0.1) is 5.56 Å². The average molecular weight is 479 g/mol. The van der Waals surface area contributed by atoms with Crippen LogP contribution in [0.3, 0.4) is 0 Å². The smallest absolute Gasteiger partial charge is 0.478 e. The fourth-order valence-electron chi connectivity index (χ4n) is 3.94. The van der Waals surface area contributed by atoms with Gasteiger partial charge in [-0.05, 0) is 28.3 Å². The molecule has 33 heavy (non-hydrogen) atoms. The van der Waals surface area contributed by atoms with Crippen LogP contribution in [0.2, 0.25) is 0 Å². The van der Waals surface area contributed by atoms with Gasteiger partial charge in [-0.25, -0.2) is 9.59 Å². The second kappa shape index (κ2) is 10.0. The maximum atomic E-state index is 13.2. The predicted octanol–water partition coefficient (Wildman–Crippen LogP) is 1.83. The first-order valence-corrected chi connectivity index (χ1v) is 9.83. The van der Waals surface area contributed by atoms with E-state index in [1.165, 1.54) is 7.05 Å². The second-order valence-electron chi connectivity index (χ2n) is 7.56. The molecule has 5 nitrogen and oxygen atoms in total. The Morgan fingerprint density at radius 2 is 1.52 bits per heavy atom. The Morgan fingerprint density at radius 1 is 0.970 bits per heavy atom. The van der Waals surface area contributed by atoms with Crippen molar-refractivity contribution >= 4 is 30.2 Å². The van der Waals surface area contributed by atoms with E-state index in [9.17, 15) is 22.5 Å². The molecule has 0 radical (unpaired) electrons. The van der Waals surface area contributed by atoms with Crippen LogP contribution in [0.15, 0.2) is 66.7 Å². The Bertz CT molecular complexity index is 1170. The minimum atomic E-state index is -5.45. The molecule has 1 N–H and O–H groups in total. The van der Waals surface area contributed by atoms with Gasteiger partial charge >= 0.3 is 70.4 Å². The molecule has 0 aliphatic heterocycles. The minimum Gasteiger partial charge on any atom is -0.478 e. The Kier molecular flexibility index (Phi) is 7.75. The second-order valence-corrected chi connectivity index (χ2v) is 7.56. The number of carbonyl (C=O) groups excluding carboxylic acids is 1. The van der Waals surface area contributed by atoms with Crippen LogP contribution >= 0.6 is 0 Å². The third kappa shape index (κ3) is 5.20. The number of nitrogens with zero attached hydrogens (tertiary/aromatic N) is 1. The number of halogens is 3. The average Bonchev–Trinajstić information content (AvgIpc) is 3.09. The number of ether oxygens (including phenoxy) is 1. The minimum absolute atomic E-state index is 0. The summed E-state index contributed by atoms with van der Waals surface area (Å²) < 4.78 is 45.2. The molecule has 164 valence electrons. The zero-order valence-electron chi connectivity index (χ0n) is 18.0. The molecule has 0 heterocycles. The van der Waals surface area contributed by atoms with Crippen LogP contribution in [0.1, 0.15) is 27.4 Å². The van der Waals surface area contributed by atoms with Gasteiger partial charge in [0.2, 0.25) is 0 Å². The topological polar surface area (TPSA) is 66.8 Å². The molecule has 3 aromatic carbocycles. The fourth-order valence-corrected chi connectivity index (χ4v) is 3.94. The Morgan fingerprint density at radius 3 is 2.03 bits per heavy atom. The summed E-state index contributed by atoms with van der Waals surface area (Å²) in [6, 6.07) is 17.8. The number of amides is 1. The van der Waals surface area contributed by atoms with Crippen LogP contribution < -0.4 is 61.7 Å². The van der Waals surface area contributed by atoms with Gasteiger partial charge in [0, 0.05) is 18.7 Å². The Labute approximate surface area is 231 Å². The molecule has 0 spiro atoms. The SMILES string of the molecule is CN(C(=O)OCC1c2ccccc2-c2ccccc21)c1cc(C(=O)O)cc([B-](F)(F)F)c1.[K+]. The maximum absolute atomic E-state index is 13.2. The molecular weight excluding hydrogens is 461 g/mol.